The van der Waals surface area contributed by atoms with Gasteiger partial charge in [0.15, 0.2) is 5.96 Å². The van der Waals surface area contributed by atoms with E-state index in [1.54, 1.807) is 0 Å². The Bertz CT molecular complexity index is 379. The van der Waals surface area contributed by atoms with Gasteiger partial charge in [-0.2, -0.15) is 13.2 Å². The summed E-state index contributed by atoms with van der Waals surface area (Å²) in [5, 5.41) is 6.40. The fraction of sp³-hybridized carbons (Fsp3) is 0.938. The van der Waals surface area contributed by atoms with Crippen LogP contribution in [0.4, 0.5) is 13.2 Å². The fourth-order valence-electron chi connectivity index (χ4n) is 3.00. The highest BCUT2D eigenvalue weighted by atomic mass is 127. The van der Waals surface area contributed by atoms with Gasteiger partial charge in [-0.05, 0) is 52.9 Å². The molecule has 0 bridgehead atoms. The molecule has 0 aromatic carbocycles. The van der Waals surface area contributed by atoms with Gasteiger partial charge in [0, 0.05) is 19.1 Å². The van der Waals surface area contributed by atoms with Crippen molar-refractivity contribution in [2.24, 2.45) is 4.99 Å². The highest BCUT2D eigenvalue weighted by Crippen LogP contribution is 2.16. The molecule has 1 aliphatic rings. The molecular formula is C16H33F3IN5. The van der Waals surface area contributed by atoms with Crippen LogP contribution in [-0.2, 0) is 0 Å². The number of likely N-dealkylation sites (tertiary alicyclic amines) is 1. The summed E-state index contributed by atoms with van der Waals surface area (Å²) in [6.07, 6.45) is -1.09. The molecule has 1 aliphatic heterocycles. The number of hydrogen-bond acceptors (Lipinski definition) is 3. The molecule has 0 spiro atoms. The summed E-state index contributed by atoms with van der Waals surface area (Å²) in [6, 6.07) is 0.503. The average molecular weight is 479 g/mol. The Morgan fingerprint density at radius 1 is 1.28 bits per heavy atom. The molecule has 0 radical (unpaired) electrons. The van der Waals surface area contributed by atoms with Crippen LogP contribution in [0.5, 0.6) is 0 Å². The molecule has 2 N–H and O–H groups in total. The van der Waals surface area contributed by atoms with Crippen molar-refractivity contribution in [3.63, 3.8) is 0 Å². The molecule has 150 valence electrons. The minimum absolute atomic E-state index is 0. The minimum Gasteiger partial charge on any atom is -0.357 e. The van der Waals surface area contributed by atoms with Gasteiger partial charge in [0.1, 0.15) is 0 Å². The van der Waals surface area contributed by atoms with Crippen LogP contribution in [0.25, 0.3) is 0 Å². The smallest absolute Gasteiger partial charge is 0.357 e. The second kappa shape index (κ2) is 13.0. The van der Waals surface area contributed by atoms with Crippen LogP contribution in [0.3, 0.4) is 0 Å². The van der Waals surface area contributed by atoms with E-state index >= 15 is 0 Å². The van der Waals surface area contributed by atoms with Gasteiger partial charge in [-0.25, -0.2) is 0 Å². The summed E-state index contributed by atoms with van der Waals surface area (Å²) in [5.74, 6) is 0.749. The SMILES string of the molecule is CCNC(=NCC1CCCN1CC)NCCCN(C)CC(F)(F)F.I. The number of likely N-dealkylation sites (N-methyl/N-ethyl adjacent to an activating group) is 1. The molecular weight excluding hydrogens is 446 g/mol. The predicted molar refractivity (Wildman–Crippen MR) is 108 cm³/mol. The third kappa shape index (κ3) is 11.1. The van der Waals surface area contributed by atoms with Crippen molar-refractivity contribution in [2.75, 3.05) is 52.9 Å². The zero-order valence-electron chi connectivity index (χ0n) is 15.5. The van der Waals surface area contributed by atoms with E-state index in [4.69, 9.17) is 0 Å². The van der Waals surface area contributed by atoms with Crippen molar-refractivity contribution in [3.05, 3.63) is 0 Å². The molecule has 0 aromatic rings. The van der Waals surface area contributed by atoms with Crippen LogP contribution in [0.2, 0.25) is 0 Å². The van der Waals surface area contributed by atoms with Gasteiger partial charge >= 0.3 is 6.18 Å². The average Bonchev–Trinajstić information content (AvgIpc) is 2.94. The molecule has 1 atom stereocenters. The van der Waals surface area contributed by atoms with Gasteiger partial charge in [0.05, 0.1) is 13.1 Å². The molecule has 5 nitrogen and oxygen atoms in total. The Morgan fingerprint density at radius 2 is 2.00 bits per heavy atom. The maximum atomic E-state index is 12.3. The van der Waals surface area contributed by atoms with E-state index in [9.17, 15) is 13.2 Å². The van der Waals surface area contributed by atoms with E-state index in [2.05, 4.69) is 27.4 Å². The first-order valence-corrected chi connectivity index (χ1v) is 8.87. The van der Waals surface area contributed by atoms with E-state index in [0.29, 0.717) is 25.6 Å². The van der Waals surface area contributed by atoms with Gasteiger partial charge < -0.3 is 10.6 Å². The highest BCUT2D eigenvalue weighted by Gasteiger charge is 2.28. The molecule has 1 rings (SSSR count). The lowest BCUT2D eigenvalue weighted by atomic mass is 10.2. The van der Waals surface area contributed by atoms with Crippen LogP contribution in [-0.4, -0.2) is 80.8 Å². The Kier molecular flexibility index (Phi) is 12.8. The number of alkyl halides is 3. The molecule has 1 fully saturated rings. The first kappa shape index (κ1) is 24.7. The third-order valence-electron chi connectivity index (χ3n) is 4.17. The quantitative estimate of drug-likeness (QED) is 0.231. The summed E-state index contributed by atoms with van der Waals surface area (Å²) >= 11 is 0. The van der Waals surface area contributed by atoms with Gasteiger partial charge in [-0.15, -0.1) is 24.0 Å². The number of nitrogens with one attached hydrogen (secondary N) is 2. The summed E-state index contributed by atoms with van der Waals surface area (Å²) in [6.45, 7) is 8.04. The fourth-order valence-corrected chi connectivity index (χ4v) is 3.00. The highest BCUT2D eigenvalue weighted by molar-refractivity contribution is 14.0. The van der Waals surface area contributed by atoms with Gasteiger partial charge in [0.2, 0.25) is 0 Å². The largest absolute Gasteiger partial charge is 0.401 e. The van der Waals surface area contributed by atoms with Crippen molar-refractivity contribution in [2.45, 2.75) is 45.3 Å². The van der Waals surface area contributed by atoms with Crippen molar-refractivity contribution in [3.8, 4) is 0 Å². The van der Waals surface area contributed by atoms with E-state index in [1.807, 2.05) is 6.92 Å². The Labute approximate surface area is 166 Å². The molecule has 0 saturated carbocycles. The third-order valence-corrected chi connectivity index (χ3v) is 4.17. The van der Waals surface area contributed by atoms with Crippen LogP contribution in [0.1, 0.15) is 33.1 Å². The summed E-state index contributed by atoms with van der Waals surface area (Å²) in [4.78, 5) is 8.37. The monoisotopic (exact) mass is 479 g/mol. The zero-order valence-corrected chi connectivity index (χ0v) is 17.9. The maximum Gasteiger partial charge on any atom is 0.401 e. The van der Waals surface area contributed by atoms with Gasteiger partial charge in [0.25, 0.3) is 0 Å². The lowest BCUT2D eigenvalue weighted by Gasteiger charge is -2.22. The molecule has 25 heavy (non-hydrogen) atoms. The molecule has 1 saturated heterocycles. The van der Waals surface area contributed by atoms with Crippen LogP contribution < -0.4 is 10.6 Å². The first-order chi connectivity index (χ1) is 11.4. The standard InChI is InChI=1S/C16H32F3N5.HI/c1-4-20-15(22-12-14-8-6-11-24(14)5-2)21-9-7-10-23(3)13-16(17,18)19;/h14H,4-13H2,1-3H3,(H2,20,21,22);1H. The van der Waals surface area contributed by atoms with Crippen LogP contribution in [0, 0.1) is 0 Å². The lowest BCUT2D eigenvalue weighted by molar-refractivity contribution is -0.143. The zero-order chi connectivity index (χ0) is 18.0. The van der Waals surface area contributed by atoms with Crippen LogP contribution >= 0.6 is 24.0 Å². The second-order valence-corrected chi connectivity index (χ2v) is 6.28. The number of hydrogen-bond donors (Lipinski definition) is 2. The van der Waals surface area contributed by atoms with Crippen molar-refractivity contribution < 1.29 is 13.2 Å². The molecule has 1 unspecified atom stereocenters. The Morgan fingerprint density at radius 3 is 2.60 bits per heavy atom. The summed E-state index contributed by atoms with van der Waals surface area (Å²) in [7, 11) is 1.49. The van der Waals surface area contributed by atoms with Crippen LogP contribution in [0.15, 0.2) is 4.99 Å². The minimum atomic E-state index is -4.13. The predicted octanol–water partition coefficient (Wildman–Crippen LogP) is 2.53. The molecule has 0 aromatic heterocycles. The van der Waals surface area contributed by atoms with E-state index < -0.39 is 12.7 Å². The molecule has 9 heteroatoms. The number of guanidine groups is 1. The van der Waals surface area contributed by atoms with Crippen molar-refractivity contribution in [1.29, 1.82) is 0 Å². The topological polar surface area (TPSA) is 42.9 Å². The molecule has 0 amide bonds. The molecule has 1 heterocycles. The van der Waals surface area contributed by atoms with Gasteiger partial charge in [-0.3, -0.25) is 14.8 Å². The maximum absolute atomic E-state index is 12.3. The summed E-state index contributed by atoms with van der Waals surface area (Å²) < 4.78 is 36.8. The number of aliphatic imine (C=N–C) groups is 1. The Balaban J connectivity index is 0.00000576. The second-order valence-electron chi connectivity index (χ2n) is 6.28. The van der Waals surface area contributed by atoms with E-state index in [1.165, 1.54) is 24.8 Å². The number of nitrogens with zero attached hydrogens (tertiary/aromatic N) is 3. The molecule has 0 aliphatic carbocycles. The van der Waals surface area contributed by atoms with Crippen molar-refractivity contribution >= 4 is 29.9 Å². The number of halogens is 4. The van der Waals surface area contributed by atoms with E-state index in [0.717, 1.165) is 32.1 Å². The van der Waals surface area contributed by atoms with Gasteiger partial charge in [-0.1, -0.05) is 6.92 Å². The van der Waals surface area contributed by atoms with Crippen molar-refractivity contribution in [1.82, 2.24) is 20.4 Å². The van der Waals surface area contributed by atoms with E-state index in [-0.39, 0.29) is 24.0 Å². The summed E-state index contributed by atoms with van der Waals surface area (Å²) in [5.41, 5.74) is 0. The normalized spacial score (nSPS) is 19.2. The number of rotatable bonds is 9. The lowest BCUT2D eigenvalue weighted by Crippen LogP contribution is -2.40. The first-order valence-electron chi connectivity index (χ1n) is 8.87. The Hall–Kier alpha value is -0.290.